The predicted octanol–water partition coefficient (Wildman–Crippen LogP) is 6.83. The molecular weight excluding hydrogens is 681 g/mol. The lowest BCUT2D eigenvalue weighted by Gasteiger charge is -2.38. The topological polar surface area (TPSA) is 140 Å². The number of nitrogens with zero attached hydrogens (tertiary/aromatic N) is 3. The monoisotopic (exact) mass is 718 g/mol. The fourth-order valence-electron chi connectivity index (χ4n) is 5.63. The number of aromatic nitrogens is 1. The van der Waals surface area contributed by atoms with E-state index in [1.807, 2.05) is 30.3 Å². The van der Waals surface area contributed by atoms with Gasteiger partial charge in [-0.1, -0.05) is 81.3 Å². The maximum absolute atomic E-state index is 14.3. The van der Waals surface area contributed by atoms with Gasteiger partial charge in [0.2, 0.25) is 5.91 Å². The van der Waals surface area contributed by atoms with Crippen molar-refractivity contribution in [3.63, 3.8) is 0 Å². The third kappa shape index (κ3) is 7.37. The van der Waals surface area contributed by atoms with E-state index in [1.54, 1.807) is 38.9 Å². The van der Waals surface area contributed by atoms with Crippen LogP contribution in [0.2, 0.25) is 0 Å². The number of carbonyl (C=O) groups is 3. The summed E-state index contributed by atoms with van der Waals surface area (Å²) >= 11 is 2.38. The highest BCUT2D eigenvalue weighted by Gasteiger charge is 2.50. The molecule has 15 heteroatoms. The molecule has 0 spiro atoms. The normalized spacial score (nSPS) is 16.8. The van der Waals surface area contributed by atoms with Crippen molar-refractivity contribution in [3.8, 4) is 10.4 Å². The summed E-state index contributed by atoms with van der Waals surface area (Å²) in [7, 11) is -4.13. The van der Waals surface area contributed by atoms with E-state index < -0.39 is 48.1 Å². The molecule has 2 atom stereocenters. The molecule has 3 heterocycles. The number of halogens is 2. The van der Waals surface area contributed by atoms with Crippen LogP contribution in [0.15, 0.2) is 60.8 Å². The van der Waals surface area contributed by atoms with Gasteiger partial charge >= 0.3 is 13.3 Å². The van der Waals surface area contributed by atoms with Gasteiger partial charge in [0.25, 0.3) is 11.8 Å². The van der Waals surface area contributed by atoms with Gasteiger partial charge < -0.3 is 20.0 Å². The lowest BCUT2D eigenvalue weighted by atomic mass is 9.85. The van der Waals surface area contributed by atoms with Crippen molar-refractivity contribution in [1.82, 2.24) is 15.2 Å². The van der Waals surface area contributed by atoms with Gasteiger partial charge in [-0.05, 0) is 47.4 Å². The molecular formula is C33H37F2N4O6PS2. The summed E-state index contributed by atoms with van der Waals surface area (Å²) in [4.78, 5) is 68.7. The van der Waals surface area contributed by atoms with E-state index >= 15 is 0 Å². The second kappa shape index (κ2) is 13.8. The van der Waals surface area contributed by atoms with Crippen LogP contribution in [0.5, 0.6) is 0 Å². The van der Waals surface area contributed by atoms with Crippen LogP contribution in [-0.2, 0) is 19.8 Å². The summed E-state index contributed by atoms with van der Waals surface area (Å²) in [6.45, 7) is 5.74. The van der Waals surface area contributed by atoms with E-state index in [2.05, 4.69) is 10.3 Å². The minimum atomic E-state index is -5.78. The predicted molar refractivity (Wildman–Crippen MR) is 183 cm³/mol. The van der Waals surface area contributed by atoms with Gasteiger partial charge in [-0.15, -0.1) is 11.3 Å². The van der Waals surface area contributed by atoms with Crippen molar-refractivity contribution in [3.05, 3.63) is 71.2 Å². The Morgan fingerprint density at radius 3 is 2.42 bits per heavy atom. The maximum atomic E-state index is 14.3. The summed E-state index contributed by atoms with van der Waals surface area (Å²) in [6, 6.07) is 12.4. The molecule has 0 aliphatic carbocycles. The molecule has 3 N–H and O–H groups in total. The number of fused-ring (bicyclic) bond motifs is 1. The number of thiazole rings is 1. The van der Waals surface area contributed by atoms with Gasteiger partial charge in [-0.25, -0.2) is 4.98 Å². The van der Waals surface area contributed by atoms with Gasteiger partial charge in [0.05, 0.1) is 9.75 Å². The van der Waals surface area contributed by atoms with Crippen LogP contribution >= 0.6 is 30.3 Å². The number of rotatable bonds is 8. The van der Waals surface area contributed by atoms with Crippen LogP contribution in [0.4, 0.5) is 13.9 Å². The third-order valence-corrected chi connectivity index (χ3v) is 11.6. The van der Waals surface area contributed by atoms with Gasteiger partial charge in [0.15, 0.2) is 5.13 Å². The molecule has 1 aliphatic rings. The standard InChI is InChI=1S/C33H37F2N4O6PS2/c1-32(2,3)27(37-28(40)25-18-21-17-22(14-15-24(21)47-25)33(34,35)46(43,44)45)30(42)39-16-10-6-9-13-23(39)29(41)38(4)31-36-19-26(48-31)20-11-7-5-8-12-20/h5,7-8,11-12,14-15,17-19,23,27H,6,9-10,13,16H2,1-4H3,(H,37,40)(H2,43,44,45)/t23-,27+/m0/s1. The van der Waals surface area contributed by atoms with Crippen LogP contribution in [0.3, 0.4) is 0 Å². The minimum Gasteiger partial charge on any atom is -0.339 e. The molecule has 4 aromatic rings. The van der Waals surface area contributed by atoms with Crippen LogP contribution in [0.1, 0.15) is 61.7 Å². The number of thiophene rings is 1. The fraction of sp³-hybridized carbons (Fsp3) is 0.394. The number of anilines is 1. The van der Waals surface area contributed by atoms with E-state index in [9.17, 15) is 27.7 Å². The highest BCUT2D eigenvalue weighted by Crippen LogP contribution is 2.59. The Morgan fingerprint density at radius 1 is 1.04 bits per heavy atom. The zero-order valence-corrected chi connectivity index (χ0v) is 29.4. The Hall–Kier alpha value is -3.55. The van der Waals surface area contributed by atoms with Crippen molar-refractivity contribution >= 4 is 63.2 Å². The van der Waals surface area contributed by atoms with Crippen LogP contribution in [0.25, 0.3) is 20.5 Å². The molecule has 0 unspecified atom stereocenters. The van der Waals surface area contributed by atoms with Crippen LogP contribution in [-0.4, -0.2) is 63.1 Å². The van der Waals surface area contributed by atoms with Gasteiger partial charge in [0, 0.05) is 30.1 Å². The molecule has 2 aromatic carbocycles. The molecule has 1 aliphatic heterocycles. The third-order valence-electron chi connectivity index (χ3n) is 8.33. The number of likely N-dealkylation sites (tertiary alicyclic amines) is 1. The van der Waals surface area contributed by atoms with Crippen LogP contribution < -0.4 is 10.2 Å². The summed E-state index contributed by atoms with van der Waals surface area (Å²) in [5.74, 6) is -1.29. The molecule has 2 aromatic heterocycles. The number of nitrogens with one attached hydrogen (secondary N) is 1. The number of likely N-dealkylation sites (N-methyl/N-ethyl adjacent to an activating group) is 1. The molecule has 0 bridgehead atoms. The second-order valence-electron chi connectivity index (χ2n) is 12.9. The van der Waals surface area contributed by atoms with Gasteiger partial charge in [-0.2, -0.15) is 8.78 Å². The van der Waals surface area contributed by atoms with Gasteiger partial charge in [0.1, 0.15) is 12.1 Å². The molecule has 48 heavy (non-hydrogen) atoms. The van der Waals surface area contributed by atoms with Gasteiger partial charge in [-0.3, -0.25) is 23.8 Å². The quantitative estimate of drug-likeness (QED) is 0.170. The van der Waals surface area contributed by atoms with E-state index in [1.165, 1.54) is 28.4 Å². The van der Waals surface area contributed by atoms with E-state index in [-0.39, 0.29) is 16.2 Å². The Kier molecular flexibility index (Phi) is 10.2. The average Bonchev–Trinajstić information content (AvgIpc) is 3.63. The fourth-order valence-corrected chi connectivity index (χ4v) is 7.94. The van der Waals surface area contributed by atoms with E-state index in [0.717, 1.165) is 46.8 Å². The lowest BCUT2D eigenvalue weighted by molar-refractivity contribution is -0.143. The first-order chi connectivity index (χ1) is 22.5. The van der Waals surface area contributed by atoms with Crippen molar-refractivity contribution in [2.75, 3.05) is 18.5 Å². The Labute approximate surface area is 284 Å². The smallest absolute Gasteiger partial charge is 0.339 e. The summed E-state index contributed by atoms with van der Waals surface area (Å²) in [5, 5.41) is 3.54. The Morgan fingerprint density at radius 2 is 1.75 bits per heavy atom. The lowest BCUT2D eigenvalue weighted by Crippen LogP contribution is -2.59. The van der Waals surface area contributed by atoms with Crippen molar-refractivity contribution in [2.45, 2.75) is 64.2 Å². The second-order valence-corrected chi connectivity index (χ2v) is 16.6. The number of hydrogen-bond donors (Lipinski definition) is 3. The molecule has 0 saturated carbocycles. The maximum Gasteiger partial charge on any atom is 0.399 e. The largest absolute Gasteiger partial charge is 0.399 e. The number of amides is 3. The zero-order chi connectivity index (χ0) is 35.0. The van der Waals surface area contributed by atoms with Crippen molar-refractivity contribution in [1.29, 1.82) is 0 Å². The molecule has 256 valence electrons. The summed E-state index contributed by atoms with van der Waals surface area (Å²) < 4.78 is 40.5. The van der Waals surface area contributed by atoms with E-state index in [4.69, 9.17) is 9.79 Å². The number of hydrogen-bond acceptors (Lipinski definition) is 7. The average molecular weight is 719 g/mol. The van der Waals surface area contributed by atoms with Crippen LogP contribution in [0, 0.1) is 5.41 Å². The molecule has 3 amide bonds. The first kappa shape index (κ1) is 35.7. The Bertz CT molecular complexity index is 1870. The summed E-state index contributed by atoms with van der Waals surface area (Å²) in [6.07, 6.45) is 4.45. The highest BCUT2D eigenvalue weighted by molar-refractivity contribution is 7.52. The first-order valence-corrected chi connectivity index (χ1v) is 18.6. The molecule has 10 nitrogen and oxygen atoms in total. The molecule has 1 saturated heterocycles. The molecule has 5 rings (SSSR count). The molecule has 1 fully saturated rings. The number of alkyl halides is 2. The minimum absolute atomic E-state index is 0.130. The first-order valence-electron chi connectivity index (χ1n) is 15.4. The van der Waals surface area contributed by atoms with Crippen molar-refractivity contribution in [2.24, 2.45) is 5.41 Å². The zero-order valence-electron chi connectivity index (χ0n) is 26.9. The highest BCUT2D eigenvalue weighted by atomic mass is 32.1. The molecule has 0 radical (unpaired) electrons. The Balaban J connectivity index is 1.38. The van der Waals surface area contributed by atoms with Crippen molar-refractivity contribution < 1.29 is 37.5 Å². The summed E-state index contributed by atoms with van der Waals surface area (Å²) in [5.41, 5.74) is -5.05. The number of carbonyl (C=O) groups excluding carboxylic acids is 3. The number of benzene rings is 2. The van der Waals surface area contributed by atoms with E-state index in [0.29, 0.717) is 29.2 Å². The SMILES string of the molecule is CN(C(=O)[C@@H]1CCCCCN1C(=O)[C@@H](NC(=O)c1cc2cc(C(F)(F)P(=O)(O)O)ccc2s1)C(C)(C)C)c1ncc(-c2ccccc2)s1.